The summed E-state index contributed by atoms with van der Waals surface area (Å²) < 4.78 is 80.3. The van der Waals surface area contributed by atoms with Gasteiger partial charge in [0.2, 0.25) is 10.0 Å². The van der Waals surface area contributed by atoms with Gasteiger partial charge >= 0.3 is 6.18 Å². The van der Waals surface area contributed by atoms with Crippen LogP contribution in [0.2, 0.25) is 0 Å². The number of nitrogens with zero attached hydrogens (tertiary/aromatic N) is 4. The van der Waals surface area contributed by atoms with Gasteiger partial charge in [-0.15, -0.1) is 0 Å². The van der Waals surface area contributed by atoms with Gasteiger partial charge in [-0.25, -0.2) is 27.9 Å². The van der Waals surface area contributed by atoms with E-state index in [1.54, 1.807) is 31.6 Å². The van der Waals surface area contributed by atoms with E-state index in [1.165, 1.54) is 15.5 Å². The van der Waals surface area contributed by atoms with Crippen LogP contribution >= 0.6 is 0 Å². The number of benzene rings is 1. The molecule has 14 heteroatoms. The van der Waals surface area contributed by atoms with Crippen molar-refractivity contribution in [2.75, 3.05) is 5.75 Å². The Hall–Kier alpha value is -4.04. The topological polar surface area (TPSA) is 129 Å². The number of sulfonamides is 1. The molecule has 0 amide bonds. The van der Waals surface area contributed by atoms with Crippen molar-refractivity contribution in [3.05, 3.63) is 81.9 Å². The van der Waals surface area contributed by atoms with Crippen LogP contribution in [0.25, 0.3) is 33.3 Å². The number of rotatable bonds is 6. The zero-order valence-electron chi connectivity index (χ0n) is 19.8. The van der Waals surface area contributed by atoms with E-state index in [-0.39, 0.29) is 29.7 Å². The minimum absolute atomic E-state index is 0.0260. The Kier molecular flexibility index (Phi) is 6.10. The smallest absolute Gasteiger partial charge is 0.357 e. The number of pyridine rings is 2. The zero-order valence-corrected chi connectivity index (χ0v) is 20.6. The van der Waals surface area contributed by atoms with Crippen LogP contribution in [0.3, 0.4) is 0 Å². The fourth-order valence-corrected chi connectivity index (χ4v) is 4.83. The highest BCUT2D eigenvalue weighted by atomic mass is 32.2. The molecule has 3 N–H and O–H groups in total. The van der Waals surface area contributed by atoms with Crippen molar-refractivity contribution in [2.45, 2.75) is 19.1 Å². The minimum atomic E-state index is -4.66. The molecule has 4 aromatic heterocycles. The summed E-state index contributed by atoms with van der Waals surface area (Å²) in [5, 5.41) is 5.76. The highest BCUT2D eigenvalue weighted by Crippen LogP contribution is 2.32. The van der Waals surface area contributed by atoms with Crippen LogP contribution < -0.4 is 10.7 Å². The van der Waals surface area contributed by atoms with Crippen molar-refractivity contribution in [2.24, 2.45) is 12.2 Å². The van der Waals surface area contributed by atoms with Gasteiger partial charge in [0.15, 0.2) is 5.65 Å². The number of fused-ring (bicyclic) bond motifs is 2. The molecule has 5 aromatic rings. The van der Waals surface area contributed by atoms with Crippen LogP contribution in [0.15, 0.2) is 53.8 Å². The largest absolute Gasteiger partial charge is 0.416 e. The number of hydrogen-bond acceptors (Lipinski definition) is 5. The first-order chi connectivity index (χ1) is 17.8. The second kappa shape index (κ2) is 9.06. The van der Waals surface area contributed by atoms with Crippen molar-refractivity contribution in [3.63, 3.8) is 0 Å². The SMILES string of the molecule is Cn1cc(-c2cc(CCS(N)(=O)=O)c3ncn(Cc4cc(C(F)(F)F)ccc4F)c3n2)c2cc[nH]c2c1=O. The van der Waals surface area contributed by atoms with Gasteiger partial charge in [0.1, 0.15) is 16.9 Å². The van der Waals surface area contributed by atoms with E-state index in [4.69, 9.17) is 5.14 Å². The highest BCUT2D eigenvalue weighted by molar-refractivity contribution is 7.89. The van der Waals surface area contributed by atoms with E-state index in [0.29, 0.717) is 39.3 Å². The molecule has 4 heterocycles. The number of imidazole rings is 1. The predicted octanol–water partition coefficient (Wildman–Crippen LogP) is 3.32. The Labute approximate surface area is 212 Å². The van der Waals surface area contributed by atoms with Crippen LogP contribution in [-0.4, -0.2) is 38.3 Å². The van der Waals surface area contributed by atoms with Crippen LogP contribution in [0, 0.1) is 5.82 Å². The predicted molar refractivity (Wildman–Crippen MR) is 132 cm³/mol. The van der Waals surface area contributed by atoms with Gasteiger partial charge in [0.05, 0.1) is 29.9 Å². The number of aromatic nitrogens is 5. The molecule has 0 fully saturated rings. The Morgan fingerprint density at radius 1 is 1.13 bits per heavy atom. The Morgan fingerprint density at radius 2 is 1.89 bits per heavy atom. The third kappa shape index (κ3) is 4.79. The summed E-state index contributed by atoms with van der Waals surface area (Å²) in [7, 11) is -2.27. The molecule has 198 valence electrons. The van der Waals surface area contributed by atoms with E-state index in [2.05, 4.69) is 15.0 Å². The fourth-order valence-electron chi connectivity index (χ4n) is 4.32. The summed E-state index contributed by atoms with van der Waals surface area (Å²) in [6, 6.07) is 5.46. The molecule has 0 unspecified atom stereocenters. The molecule has 38 heavy (non-hydrogen) atoms. The summed E-state index contributed by atoms with van der Waals surface area (Å²) in [6.07, 6.45) is -0.215. The summed E-state index contributed by atoms with van der Waals surface area (Å²) >= 11 is 0. The normalized spacial score (nSPS) is 12.6. The third-order valence-electron chi connectivity index (χ3n) is 6.19. The average molecular weight is 549 g/mol. The van der Waals surface area contributed by atoms with E-state index in [9.17, 15) is 30.8 Å². The van der Waals surface area contributed by atoms with Crippen molar-refractivity contribution >= 4 is 32.1 Å². The molecular formula is C24H20F4N6O3S. The lowest BCUT2D eigenvalue weighted by Crippen LogP contribution is -2.18. The third-order valence-corrected chi connectivity index (χ3v) is 6.96. The summed E-state index contributed by atoms with van der Waals surface area (Å²) in [5.41, 5.74) is 0.676. The Balaban J connectivity index is 1.70. The summed E-state index contributed by atoms with van der Waals surface area (Å²) in [6.45, 7) is -0.315. The number of aryl methyl sites for hydroxylation is 2. The molecule has 0 saturated carbocycles. The molecule has 9 nitrogen and oxygen atoms in total. The van der Waals surface area contributed by atoms with Gasteiger partial charge < -0.3 is 14.1 Å². The first kappa shape index (κ1) is 25.6. The van der Waals surface area contributed by atoms with E-state index in [1.807, 2.05) is 0 Å². The first-order valence-electron chi connectivity index (χ1n) is 11.2. The van der Waals surface area contributed by atoms with Crippen LogP contribution in [0.4, 0.5) is 17.6 Å². The molecule has 1 aromatic carbocycles. The second-order valence-corrected chi connectivity index (χ2v) is 10.6. The van der Waals surface area contributed by atoms with Crippen LogP contribution in [0.1, 0.15) is 16.7 Å². The maximum atomic E-state index is 14.5. The number of nitrogens with two attached hydrogens (primary N) is 1. The summed E-state index contributed by atoms with van der Waals surface area (Å²) in [5.74, 6) is -1.23. The van der Waals surface area contributed by atoms with Crippen molar-refractivity contribution in [1.82, 2.24) is 24.1 Å². The molecule has 0 atom stereocenters. The van der Waals surface area contributed by atoms with Gasteiger partial charge in [0, 0.05) is 36.0 Å². The van der Waals surface area contributed by atoms with Crippen LogP contribution in [0.5, 0.6) is 0 Å². The number of hydrogen-bond donors (Lipinski definition) is 2. The van der Waals surface area contributed by atoms with Crippen molar-refractivity contribution in [1.29, 1.82) is 0 Å². The van der Waals surface area contributed by atoms with Crippen LogP contribution in [-0.2, 0) is 36.2 Å². The molecule has 0 spiro atoms. The highest BCUT2D eigenvalue weighted by Gasteiger charge is 2.31. The van der Waals surface area contributed by atoms with Crippen molar-refractivity contribution in [3.8, 4) is 11.3 Å². The quantitative estimate of drug-likeness (QED) is 0.315. The summed E-state index contributed by atoms with van der Waals surface area (Å²) in [4.78, 5) is 24.4. The number of nitrogens with one attached hydrogen (secondary N) is 1. The molecule has 0 radical (unpaired) electrons. The molecule has 0 saturated heterocycles. The standard InChI is InChI=1S/C24H20F4N6O3S/c1-33-11-17(16-4-6-30-21(16)23(33)35)19-9-13(5-7-38(29,36)37)20-22(32-19)34(12-31-20)10-14-8-15(24(26,27)28)2-3-18(14)25/h2-4,6,8-9,11-12,30H,5,7,10H2,1H3,(H2,29,36,37). The molecule has 5 rings (SSSR count). The van der Waals surface area contributed by atoms with Crippen molar-refractivity contribution < 1.29 is 26.0 Å². The number of halogens is 4. The lowest BCUT2D eigenvalue weighted by atomic mass is 10.1. The van der Waals surface area contributed by atoms with E-state index < -0.39 is 33.3 Å². The lowest BCUT2D eigenvalue weighted by molar-refractivity contribution is -0.137. The first-order valence-corrected chi connectivity index (χ1v) is 12.9. The Bertz CT molecular complexity index is 1870. The van der Waals surface area contributed by atoms with Gasteiger partial charge in [-0.1, -0.05) is 0 Å². The van der Waals surface area contributed by atoms with Gasteiger partial charge in [-0.05, 0) is 42.3 Å². The monoisotopic (exact) mass is 548 g/mol. The number of aromatic amines is 1. The second-order valence-electron chi connectivity index (χ2n) is 8.86. The minimum Gasteiger partial charge on any atom is -0.357 e. The molecule has 0 aliphatic rings. The maximum absolute atomic E-state index is 14.5. The number of alkyl halides is 3. The maximum Gasteiger partial charge on any atom is 0.416 e. The average Bonchev–Trinajstić information content (AvgIpc) is 3.48. The molecule has 0 aliphatic carbocycles. The number of primary sulfonamides is 1. The van der Waals surface area contributed by atoms with Gasteiger partial charge in [0.25, 0.3) is 5.56 Å². The van der Waals surface area contributed by atoms with Gasteiger partial charge in [-0.2, -0.15) is 13.2 Å². The Morgan fingerprint density at radius 3 is 2.61 bits per heavy atom. The molecule has 0 bridgehead atoms. The molecular weight excluding hydrogens is 528 g/mol. The van der Waals surface area contributed by atoms with E-state index in [0.717, 1.165) is 12.1 Å². The zero-order chi connectivity index (χ0) is 27.4. The molecule has 0 aliphatic heterocycles. The number of H-pyrrole nitrogens is 1. The fraction of sp³-hybridized carbons (Fsp3) is 0.208. The van der Waals surface area contributed by atoms with E-state index >= 15 is 0 Å². The lowest BCUT2D eigenvalue weighted by Gasteiger charge is -2.12. The van der Waals surface area contributed by atoms with Gasteiger partial charge in [-0.3, -0.25) is 4.79 Å².